The van der Waals surface area contributed by atoms with Crippen molar-refractivity contribution in [2.75, 3.05) is 25.0 Å². The first-order valence-electron chi connectivity index (χ1n) is 12.1. The second-order valence-electron chi connectivity index (χ2n) is 8.80. The minimum absolute atomic E-state index is 0.202. The van der Waals surface area contributed by atoms with E-state index in [0.717, 1.165) is 36.8 Å². The summed E-state index contributed by atoms with van der Waals surface area (Å²) in [6.07, 6.45) is 5.88. The monoisotopic (exact) mass is 470 g/mol. The van der Waals surface area contributed by atoms with Crippen LogP contribution in [0, 0.1) is 0 Å². The van der Waals surface area contributed by atoms with Crippen LogP contribution in [-0.4, -0.2) is 35.2 Å². The summed E-state index contributed by atoms with van der Waals surface area (Å²) >= 11 is 0. The molecule has 1 aliphatic rings. The maximum absolute atomic E-state index is 12.8. The van der Waals surface area contributed by atoms with E-state index in [-0.39, 0.29) is 5.91 Å². The van der Waals surface area contributed by atoms with Gasteiger partial charge in [-0.2, -0.15) is 0 Å². The van der Waals surface area contributed by atoms with Crippen LogP contribution in [0.4, 0.5) is 5.82 Å². The average molecular weight is 471 g/mol. The lowest BCUT2D eigenvalue weighted by molar-refractivity contribution is 0.102. The SMILES string of the molecule is CCOc1cc2c(ccn2C)cc1Oc1ccnc(NC(=O)c2ccc(C3CCNCC3)cc2)c1. The van der Waals surface area contributed by atoms with Gasteiger partial charge in [0, 0.05) is 42.5 Å². The van der Waals surface area contributed by atoms with Crippen LogP contribution in [0.3, 0.4) is 0 Å². The molecule has 0 atom stereocenters. The van der Waals surface area contributed by atoms with Crippen LogP contribution < -0.4 is 20.1 Å². The predicted molar refractivity (Wildman–Crippen MR) is 138 cm³/mol. The third-order valence-corrected chi connectivity index (χ3v) is 6.43. The van der Waals surface area contributed by atoms with E-state index in [1.54, 1.807) is 18.3 Å². The Morgan fingerprint density at radius 1 is 1.09 bits per heavy atom. The molecular weight excluding hydrogens is 440 g/mol. The van der Waals surface area contributed by atoms with Gasteiger partial charge >= 0.3 is 0 Å². The summed E-state index contributed by atoms with van der Waals surface area (Å²) < 4.78 is 14.0. The van der Waals surface area contributed by atoms with Gasteiger partial charge in [0.1, 0.15) is 11.6 Å². The number of hydrogen-bond acceptors (Lipinski definition) is 5. The fourth-order valence-electron chi connectivity index (χ4n) is 4.54. The molecule has 35 heavy (non-hydrogen) atoms. The first-order valence-corrected chi connectivity index (χ1v) is 12.1. The summed E-state index contributed by atoms with van der Waals surface area (Å²) in [6.45, 7) is 4.56. The third-order valence-electron chi connectivity index (χ3n) is 6.43. The predicted octanol–water partition coefficient (Wildman–Crippen LogP) is 5.48. The summed E-state index contributed by atoms with van der Waals surface area (Å²) in [5, 5.41) is 7.33. The molecule has 1 saturated heterocycles. The molecule has 0 aliphatic carbocycles. The molecule has 2 aromatic carbocycles. The van der Waals surface area contributed by atoms with E-state index in [0.29, 0.717) is 41.2 Å². The van der Waals surface area contributed by atoms with Crippen LogP contribution in [0.1, 0.15) is 41.6 Å². The van der Waals surface area contributed by atoms with Gasteiger partial charge in [-0.25, -0.2) is 4.98 Å². The number of fused-ring (bicyclic) bond motifs is 1. The number of amides is 1. The maximum atomic E-state index is 12.8. The second kappa shape index (κ2) is 10.2. The van der Waals surface area contributed by atoms with E-state index in [9.17, 15) is 4.79 Å². The molecule has 0 radical (unpaired) electrons. The van der Waals surface area contributed by atoms with Gasteiger partial charge in [0.2, 0.25) is 0 Å². The maximum Gasteiger partial charge on any atom is 0.256 e. The van der Waals surface area contributed by atoms with E-state index in [2.05, 4.69) is 27.8 Å². The van der Waals surface area contributed by atoms with Gasteiger partial charge in [0.05, 0.1) is 12.1 Å². The molecular formula is C28H30N4O3. The van der Waals surface area contributed by atoms with Gasteiger partial charge in [-0.15, -0.1) is 0 Å². The molecule has 0 spiro atoms. The van der Waals surface area contributed by atoms with Gasteiger partial charge in [-0.3, -0.25) is 4.79 Å². The summed E-state index contributed by atoms with van der Waals surface area (Å²) in [5.41, 5.74) is 2.95. The number of piperidine rings is 1. The summed E-state index contributed by atoms with van der Waals surface area (Å²) in [5.74, 6) is 2.62. The Kier molecular flexibility index (Phi) is 6.68. The molecule has 7 nitrogen and oxygen atoms in total. The average Bonchev–Trinajstić information content (AvgIpc) is 3.24. The van der Waals surface area contributed by atoms with Gasteiger partial charge in [0.15, 0.2) is 11.5 Å². The van der Waals surface area contributed by atoms with Crippen molar-refractivity contribution in [3.8, 4) is 17.2 Å². The van der Waals surface area contributed by atoms with Crippen molar-refractivity contribution in [2.45, 2.75) is 25.7 Å². The highest BCUT2D eigenvalue weighted by atomic mass is 16.5. The number of aromatic nitrogens is 2. The van der Waals surface area contributed by atoms with E-state index >= 15 is 0 Å². The molecule has 2 aromatic heterocycles. The van der Waals surface area contributed by atoms with Gasteiger partial charge in [0.25, 0.3) is 5.91 Å². The lowest BCUT2D eigenvalue weighted by atomic mass is 9.90. The molecule has 7 heteroatoms. The molecule has 5 rings (SSSR count). The summed E-state index contributed by atoms with van der Waals surface area (Å²) in [7, 11) is 2.00. The lowest BCUT2D eigenvalue weighted by Crippen LogP contribution is -2.26. The number of nitrogens with one attached hydrogen (secondary N) is 2. The number of benzene rings is 2. The highest BCUT2D eigenvalue weighted by molar-refractivity contribution is 6.03. The minimum atomic E-state index is -0.202. The van der Waals surface area contributed by atoms with Crippen LogP contribution in [0.25, 0.3) is 10.9 Å². The molecule has 0 bridgehead atoms. The Balaban J connectivity index is 1.30. The molecule has 3 heterocycles. The number of hydrogen-bond donors (Lipinski definition) is 2. The van der Waals surface area contributed by atoms with Crippen molar-refractivity contribution in [1.29, 1.82) is 0 Å². The number of nitrogens with zero attached hydrogens (tertiary/aromatic N) is 2. The van der Waals surface area contributed by atoms with Crippen molar-refractivity contribution >= 4 is 22.6 Å². The normalized spacial score (nSPS) is 14.1. The second-order valence-corrected chi connectivity index (χ2v) is 8.80. The van der Waals surface area contributed by atoms with Crippen molar-refractivity contribution in [1.82, 2.24) is 14.9 Å². The van der Waals surface area contributed by atoms with Crippen LogP contribution in [0.15, 0.2) is 67.0 Å². The van der Waals surface area contributed by atoms with Crippen molar-refractivity contribution < 1.29 is 14.3 Å². The highest BCUT2D eigenvalue weighted by Crippen LogP contribution is 2.36. The highest BCUT2D eigenvalue weighted by Gasteiger charge is 2.16. The number of aryl methyl sites for hydroxylation is 1. The zero-order valence-electron chi connectivity index (χ0n) is 20.1. The topological polar surface area (TPSA) is 77.4 Å². The number of carbonyl (C=O) groups is 1. The molecule has 0 unspecified atom stereocenters. The van der Waals surface area contributed by atoms with Crippen LogP contribution in [0.2, 0.25) is 0 Å². The fourth-order valence-corrected chi connectivity index (χ4v) is 4.54. The van der Waals surface area contributed by atoms with Crippen LogP contribution in [-0.2, 0) is 7.05 Å². The molecule has 180 valence electrons. The third kappa shape index (κ3) is 5.15. The van der Waals surface area contributed by atoms with E-state index < -0.39 is 0 Å². The molecule has 1 aliphatic heterocycles. The Morgan fingerprint density at radius 2 is 1.89 bits per heavy atom. The number of carbonyl (C=O) groups excluding carboxylic acids is 1. The van der Waals surface area contributed by atoms with E-state index in [4.69, 9.17) is 9.47 Å². The number of pyridine rings is 1. The zero-order chi connectivity index (χ0) is 24.2. The number of ether oxygens (including phenoxy) is 2. The lowest BCUT2D eigenvalue weighted by Gasteiger charge is -2.23. The van der Waals surface area contributed by atoms with E-state index in [1.165, 1.54) is 5.56 Å². The first-order chi connectivity index (χ1) is 17.1. The Labute approximate surface area is 205 Å². The fraction of sp³-hybridized carbons (Fsp3) is 0.286. The molecule has 2 N–H and O–H groups in total. The summed E-state index contributed by atoms with van der Waals surface area (Å²) in [6, 6.07) is 17.3. The molecule has 1 fully saturated rings. The van der Waals surface area contributed by atoms with Crippen molar-refractivity contribution in [2.24, 2.45) is 7.05 Å². The van der Waals surface area contributed by atoms with Gasteiger partial charge < -0.3 is 24.7 Å². The van der Waals surface area contributed by atoms with E-state index in [1.807, 2.05) is 55.1 Å². The largest absolute Gasteiger partial charge is 0.490 e. The molecule has 0 saturated carbocycles. The Bertz CT molecular complexity index is 1320. The quantitative estimate of drug-likeness (QED) is 0.374. The first kappa shape index (κ1) is 22.9. The van der Waals surface area contributed by atoms with Gasteiger partial charge in [-0.1, -0.05) is 12.1 Å². The molecule has 4 aromatic rings. The Hall–Kier alpha value is -3.84. The zero-order valence-corrected chi connectivity index (χ0v) is 20.1. The smallest absolute Gasteiger partial charge is 0.256 e. The van der Waals surface area contributed by atoms with Crippen LogP contribution >= 0.6 is 0 Å². The number of rotatable bonds is 7. The number of anilines is 1. The molecule has 1 amide bonds. The minimum Gasteiger partial charge on any atom is -0.490 e. The van der Waals surface area contributed by atoms with Gasteiger partial charge in [-0.05, 0) is 74.7 Å². The van der Waals surface area contributed by atoms with Crippen molar-refractivity contribution in [3.05, 3.63) is 78.1 Å². The van der Waals surface area contributed by atoms with Crippen molar-refractivity contribution in [3.63, 3.8) is 0 Å². The standard InChI is InChI=1S/C28H30N4O3/c1-3-34-25-18-24-22(11-15-32(24)2)16-26(25)35-23-10-14-30-27(17-23)31-28(33)21-6-4-19(5-7-21)20-8-12-29-13-9-20/h4-7,10-11,14-18,20,29H,3,8-9,12-13H2,1-2H3,(H,30,31,33). The van der Waals surface area contributed by atoms with Crippen LogP contribution in [0.5, 0.6) is 17.2 Å². The Morgan fingerprint density at radius 3 is 2.66 bits per heavy atom. The summed E-state index contributed by atoms with van der Waals surface area (Å²) in [4.78, 5) is 17.1.